The van der Waals surface area contributed by atoms with Crippen molar-refractivity contribution in [3.05, 3.63) is 57.9 Å². The quantitative estimate of drug-likeness (QED) is 0.412. The Morgan fingerprint density at radius 1 is 1.15 bits per heavy atom. The van der Waals surface area contributed by atoms with Gasteiger partial charge in [-0.1, -0.05) is 0 Å². The van der Waals surface area contributed by atoms with Crippen LogP contribution in [0.1, 0.15) is 36.2 Å². The number of carbonyl (C=O) groups excluding carboxylic acids is 2. The van der Waals surface area contributed by atoms with E-state index < -0.39 is 52.9 Å². The fourth-order valence-electron chi connectivity index (χ4n) is 5.01. The molecule has 6 rings (SSSR count). The van der Waals surface area contributed by atoms with Crippen LogP contribution in [-0.4, -0.2) is 70.4 Å². The maximum atomic E-state index is 15.0. The van der Waals surface area contributed by atoms with Gasteiger partial charge in [-0.15, -0.1) is 0 Å². The molecule has 4 heterocycles. The van der Waals surface area contributed by atoms with Gasteiger partial charge >= 0.3 is 12.1 Å². The van der Waals surface area contributed by atoms with E-state index in [2.05, 4.69) is 4.98 Å². The van der Waals surface area contributed by atoms with Gasteiger partial charge < -0.3 is 29.8 Å². The molecule has 41 heavy (non-hydrogen) atoms. The first-order valence-electron chi connectivity index (χ1n) is 13.0. The fourth-order valence-corrected chi connectivity index (χ4v) is 5.01. The summed E-state index contributed by atoms with van der Waals surface area (Å²) in [5.41, 5.74) is 4.95. The fraction of sp³-hybridized carbons (Fsp3) is 0.370. The van der Waals surface area contributed by atoms with Crippen molar-refractivity contribution >= 4 is 40.4 Å². The van der Waals surface area contributed by atoms with Crippen molar-refractivity contribution in [2.75, 3.05) is 29.4 Å². The highest BCUT2D eigenvalue weighted by Crippen LogP contribution is 2.38. The number of fused-ring (bicyclic) bond motifs is 1. The lowest BCUT2D eigenvalue weighted by molar-refractivity contribution is -0.120. The van der Waals surface area contributed by atoms with Crippen LogP contribution in [0.5, 0.6) is 5.75 Å². The third-order valence-electron chi connectivity index (χ3n) is 7.48. The maximum absolute atomic E-state index is 15.0. The molecule has 1 aliphatic carbocycles. The van der Waals surface area contributed by atoms with Gasteiger partial charge in [-0.25, -0.2) is 23.4 Å². The van der Waals surface area contributed by atoms with Gasteiger partial charge in [0.05, 0.1) is 30.7 Å². The molecule has 3 aromatic rings. The van der Waals surface area contributed by atoms with Crippen LogP contribution in [0.2, 0.25) is 0 Å². The lowest BCUT2D eigenvalue weighted by Gasteiger charge is -2.40. The molecule has 0 bridgehead atoms. The third kappa shape index (κ3) is 4.73. The monoisotopic (exact) mass is 569 g/mol. The van der Waals surface area contributed by atoms with Gasteiger partial charge in [-0.2, -0.15) is 0 Å². The molecule has 3 aliphatic rings. The summed E-state index contributed by atoms with van der Waals surface area (Å²) in [7, 11) is 0. The predicted octanol–water partition coefficient (Wildman–Crippen LogP) is 2.22. The Kier molecular flexibility index (Phi) is 6.36. The zero-order valence-corrected chi connectivity index (χ0v) is 21.8. The van der Waals surface area contributed by atoms with Crippen LogP contribution in [0.3, 0.4) is 0 Å². The number of carboxylic acids is 1. The average Bonchev–Trinajstić information content (AvgIpc) is 3.67. The second kappa shape index (κ2) is 9.80. The number of carboxylic acid groups (broad SMARTS) is 1. The minimum Gasteiger partial charge on any atom is -0.484 e. The van der Waals surface area contributed by atoms with E-state index in [1.165, 1.54) is 30.2 Å². The van der Waals surface area contributed by atoms with Crippen molar-refractivity contribution in [2.24, 2.45) is 5.73 Å². The number of Topliss-reactive ketones (excluding diaryl/α,β-unsaturated/α-hetero) is 1. The summed E-state index contributed by atoms with van der Waals surface area (Å²) in [6.07, 6.45) is 0.754. The lowest BCUT2D eigenvalue weighted by atomic mass is 10.1. The number of ketones is 1. The Bertz CT molecular complexity index is 1670. The van der Waals surface area contributed by atoms with E-state index in [1.54, 1.807) is 9.47 Å². The van der Waals surface area contributed by atoms with Crippen LogP contribution in [0.4, 0.5) is 25.1 Å². The standard InChI is InChI=1S/C27H25F2N5O7/c1-12(35)22(30)21-11-34(27(39)41-21)14-4-5-20(18(28)6-14)40-15-8-32(9-15)25-19(29)7-16-23(36)17(26(37)38)10-33(13-2-3-13)24(16)31-25/h4-7,10,13,15,21-22H,2-3,8-9,11,30H2,1H3,(H,37,38). The van der Waals surface area contributed by atoms with Crippen molar-refractivity contribution in [3.8, 4) is 5.75 Å². The van der Waals surface area contributed by atoms with Gasteiger partial charge in [0.2, 0.25) is 5.43 Å². The summed E-state index contributed by atoms with van der Waals surface area (Å²) in [5.74, 6) is -3.33. The number of ether oxygens (including phenoxy) is 2. The Balaban J connectivity index is 1.16. The maximum Gasteiger partial charge on any atom is 0.414 e. The first-order valence-corrected chi connectivity index (χ1v) is 13.0. The Morgan fingerprint density at radius 3 is 2.51 bits per heavy atom. The van der Waals surface area contributed by atoms with Gasteiger partial charge in [-0.3, -0.25) is 14.5 Å². The summed E-state index contributed by atoms with van der Waals surface area (Å²) in [6, 6.07) is 3.96. The molecule has 3 fully saturated rings. The van der Waals surface area contributed by atoms with Gasteiger partial charge in [0.1, 0.15) is 35.2 Å². The van der Waals surface area contributed by atoms with Crippen molar-refractivity contribution in [1.29, 1.82) is 0 Å². The molecule has 0 radical (unpaired) electrons. The van der Waals surface area contributed by atoms with Crippen LogP contribution < -0.4 is 25.7 Å². The number of pyridine rings is 2. The molecular weight excluding hydrogens is 544 g/mol. The molecule has 2 aromatic heterocycles. The summed E-state index contributed by atoms with van der Waals surface area (Å²) < 4.78 is 42.5. The van der Waals surface area contributed by atoms with E-state index in [0.29, 0.717) is 0 Å². The second-order valence-electron chi connectivity index (χ2n) is 10.4. The molecule has 3 N–H and O–H groups in total. The summed E-state index contributed by atoms with van der Waals surface area (Å²) >= 11 is 0. The molecule has 1 aromatic carbocycles. The van der Waals surface area contributed by atoms with Crippen molar-refractivity contribution < 1.29 is 37.7 Å². The minimum atomic E-state index is -1.39. The number of aromatic carboxylic acids is 1. The van der Waals surface area contributed by atoms with E-state index in [-0.39, 0.29) is 59.7 Å². The first-order chi connectivity index (χ1) is 19.5. The van der Waals surface area contributed by atoms with E-state index in [0.717, 1.165) is 25.0 Å². The number of halogens is 2. The number of nitrogens with two attached hydrogens (primary N) is 1. The number of carbonyl (C=O) groups is 3. The number of benzene rings is 1. The van der Waals surface area contributed by atoms with Crippen LogP contribution >= 0.6 is 0 Å². The Labute approximate surface area is 230 Å². The Hall–Kier alpha value is -4.59. The molecule has 12 nitrogen and oxygen atoms in total. The van der Waals surface area contributed by atoms with Gasteiger partial charge in [-0.05, 0) is 38.0 Å². The number of anilines is 2. The molecule has 1 saturated carbocycles. The SMILES string of the molecule is CC(=O)C(N)C1CN(c2ccc(OC3CN(c4nc5c(cc4F)c(=O)c(C(=O)O)cn5C4CC4)C3)c(F)c2)C(=O)O1. The van der Waals surface area contributed by atoms with Crippen LogP contribution in [0.15, 0.2) is 35.3 Å². The molecule has 1 amide bonds. The van der Waals surface area contributed by atoms with Crippen LogP contribution in [0.25, 0.3) is 11.0 Å². The number of aromatic nitrogens is 2. The molecule has 2 saturated heterocycles. The number of hydrogen-bond acceptors (Lipinski definition) is 9. The zero-order chi connectivity index (χ0) is 29.2. The summed E-state index contributed by atoms with van der Waals surface area (Å²) in [6.45, 7) is 1.65. The molecule has 2 atom stereocenters. The van der Waals surface area contributed by atoms with E-state index in [9.17, 15) is 28.7 Å². The minimum absolute atomic E-state index is 0.00661. The van der Waals surface area contributed by atoms with Crippen molar-refractivity contribution in [2.45, 2.75) is 44.1 Å². The van der Waals surface area contributed by atoms with E-state index in [1.807, 2.05) is 0 Å². The van der Waals surface area contributed by atoms with E-state index in [4.69, 9.17) is 15.2 Å². The number of amides is 1. The zero-order valence-electron chi connectivity index (χ0n) is 21.8. The normalized spacial score (nSPS) is 19.7. The smallest absolute Gasteiger partial charge is 0.414 e. The molecular formula is C27H25F2N5O7. The lowest BCUT2D eigenvalue weighted by Crippen LogP contribution is -2.54. The summed E-state index contributed by atoms with van der Waals surface area (Å²) in [4.78, 5) is 55.1. The van der Waals surface area contributed by atoms with E-state index >= 15 is 4.39 Å². The van der Waals surface area contributed by atoms with Gasteiger partial charge in [0.15, 0.2) is 23.2 Å². The molecule has 2 aliphatic heterocycles. The highest BCUT2D eigenvalue weighted by atomic mass is 19.1. The number of cyclic esters (lactones) is 1. The van der Waals surface area contributed by atoms with Gasteiger partial charge in [0.25, 0.3) is 0 Å². The highest BCUT2D eigenvalue weighted by Gasteiger charge is 2.38. The molecule has 214 valence electrons. The van der Waals surface area contributed by atoms with Crippen molar-refractivity contribution in [1.82, 2.24) is 9.55 Å². The topological polar surface area (TPSA) is 157 Å². The number of rotatable bonds is 8. The largest absolute Gasteiger partial charge is 0.484 e. The first kappa shape index (κ1) is 26.6. The van der Waals surface area contributed by atoms with Gasteiger partial charge in [0, 0.05) is 18.3 Å². The molecule has 2 unspecified atom stereocenters. The molecule has 14 heteroatoms. The predicted molar refractivity (Wildman–Crippen MR) is 140 cm³/mol. The molecule has 0 spiro atoms. The van der Waals surface area contributed by atoms with Crippen LogP contribution in [-0.2, 0) is 9.53 Å². The number of nitrogens with zero attached hydrogens (tertiary/aromatic N) is 4. The van der Waals surface area contributed by atoms with Crippen LogP contribution in [0, 0.1) is 11.6 Å². The second-order valence-corrected chi connectivity index (χ2v) is 10.4. The third-order valence-corrected chi connectivity index (χ3v) is 7.48. The highest BCUT2D eigenvalue weighted by molar-refractivity contribution is 5.93. The van der Waals surface area contributed by atoms with Crippen molar-refractivity contribution in [3.63, 3.8) is 0 Å². The summed E-state index contributed by atoms with van der Waals surface area (Å²) in [5, 5.41) is 9.29. The number of hydrogen-bond donors (Lipinski definition) is 2. The Morgan fingerprint density at radius 2 is 1.88 bits per heavy atom. The average molecular weight is 570 g/mol.